The zero-order valence-corrected chi connectivity index (χ0v) is 14.1. The Balaban J connectivity index is 2.14. The SMILES string of the molecule is CS(=O)(=O)c1ccc(S(=O)(=O)NNC(=O)c2ccccc2O)cc1. The minimum absolute atomic E-state index is 0.0281. The number of hydrogen-bond acceptors (Lipinski definition) is 6. The van der Waals surface area contributed by atoms with Crippen LogP contribution in [0.3, 0.4) is 0 Å². The fourth-order valence-corrected chi connectivity index (χ4v) is 3.24. The van der Waals surface area contributed by atoms with E-state index in [1.807, 2.05) is 10.3 Å². The van der Waals surface area contributed by atoms with Crippen molar-refractivity contribution in [2.45, 2.75) is 9.79 Å². The van der Waals surface area contributed by atoms with Crippen molar-refractivity contribution < 1.29 is 26.7 Å². The summed E-state index contributed by atoms with van der Waals surface area (Å²) in [5.74, 6) is -1.14. The third kappa shape index (κ3) is 4.10. The Labute approximate surface area is 139 Å². The summed E-state index contributed by atoms with van der Waals surface area (Å²) in [6.45, 7) is 0. The normalized spacial score (nSPS) is 11.9. The van der Waals surface area contributed by atoms with Gasteiger partial charge in [0.05, 0.1) is 15.4 Å². The highest BCUT2D eigenvalue weighted by Crippen LogP contribution is 2.16. The molecule has 0 unspecified atom stereocenters. The first-order chi connectivity index (χ1) is 11.1. The van der Waals surface area contributed by atoms with Crippen molar-refractivity contribution in [1.29, 1.82) is 0 Å². The molecule has 2 rings (SSSR count). The Morgan fingerprint density at radius 2 is 1.46 bits per heavy atom. The first kappa shape index (κ1) is 17.9. The monoisotopic (exact) mass is 370 g/mol. The number of phenolic OH excluding ortho intramolecular Hbond substituents is 1. The molecule has 0 aliphatic carbocycles. The molecule has 0 aromatic heterocycles. The van der Waals surface area contributed by atoms with Crippen molar-refractivity contribution >= 4 is 25.8 Å². The van der Waals surface area contributed by atoms with E-state index in [9.17, 15) is 26.7 Å². The van der Waals surface area contributed by atoms with Crippen molar-refractivity contribution in [2.75, 3.05) is 6.26 Å². The maximum absolute atomic E-state index is 12.1. The molecular weight excluding hydrogens is 356 g/mol. The number of para-hydroxylation sites is 1. The van der Waals surface area contributed by atoms with Crippen molar-refractivity contribution in [3.05, 3.63) is 54.1 Å². The molecule has 0 saturated carbocycles. The Bertz CT molecular complexity index is 967. The molecule has 2 aromatic carbocycles. The highest BCUT2D eigenvalue weighted by molar-refractivity contribution is 7.90. The van der Waals surface area contributed by atoms with Crippen LogP contribution < -0.4 is 10.3 Å². The third-order valence-corrected chi connectivity index (χ3v) is 5.40. The summed E-state index contributed by atoms with van der Waals surface area (Å²) in [5.41, 5.74) is 1.86. The first-order valence-corrected chi connectivity index (χ1v) is 9.89. The summed E-state index contributed by atoms with van der Waals surface area (Å²) >= 11 is 0. The molecule has 0 spiro atoms. The fourth-order valence-electron chi connectivity index (χ4n) is 1.77. The summed E-state index contributed by atoms with van der Waals surface area (Å²) in [6.07, 6.45) is 1.00. The number of carbonyl (C=O) groups is 1. The first-order valence-electron chi connectivity index (χ1n) is 6.51. The molecule has 0 aliphatic heterocycles. The third-order valence-electron chi connectivity index (χ3n) is 3.01. The van der Waals surface area contributed by atoms with Crippen LogP contribution in [0.15, 0.2) is 58.3 Å². The molecule has 24 heavy (non-hydrogen) atoms. The second kappa shape index (κ2) is 6.59. The number of phenols is 1. The average molecular weight is 370 g/mol. The number of nitrogens with one attached hydrogen (secondary N) is 2. The molecule has 0 atom stereocenters. The lowest BCUT2D eigenvalue weighted by molar-refractivity contribution is 0.0942. The number of carbonyl (C=O) groups excluding carboxylic acids is 1. The largest absolute Gasteiger partial charge is 0.507 e. The van der Waals surface area contributed by atoms with Crippen LogP contribution >= 0.6 is 0 Å². The summed E-state index contributed by atoms with van der Waals surface area (Å²) in [7, 11) is -7.54. The van der Waals surface area contributed by atoms with E-state index in [2.05, 4.69) is 0 Å². The van der Waals surface area contributed by atoms with Crippen molar-refractivity contribution in [2.24, 2.45) is 0 Å². The fraction of sp³-hybridized carbons (Fsp3) is 0.0714. The number of benzene rings is 2. The van der Waals surface area contributed by atoms with Crippen molar-refractivity contribution in [1.82, 2.24) is 10.3 Å². The molecule has 2 aromatic rings. The van der Waals surface area contributed by atoms with E-state index < -0.39 is 25.8 Å². The summed E-state index contributed by atoms with van der Waals surface area (Å²) in [6, 6.07) is 10.1. The minimum Gasteiger partial charge on any atom is -0.507 e. The van der Waals surface area contributed by atoms with Gasteiger partial charge in [-0.25, -0.2) is 16.8 Å². The number of rotatable bonds is 5. The van der Waals surface area contributed by atoms with Crippen LogP contribution in [0.25, 0.3) is 0 Å². The minimum atomic E-state index is -4.10. The Morgan fingerprint density at radius 1 is 0.917 bits per heavy atom. The number of sulfonamides is 1. The van der Waals surface area contributed by atoms with Crippen LogP contribution in [0.1, 0.15) is 10.4 Å². The molecule has 0 fully saturated rings. The van der Waals surface area contributed by atoms with E-state index in [1.165, 1.54) is 24.3 Å². The van der Waals surface area contributed by atoms with Crippen LogP contribution in [0.2, 0.25) is 0 Å². The van der Waals surface area contributed by atoms with Crippen LogP contribution in [0, 0.1) is 0 Å². The van der Waals surface area contributed by atoms with Crippen molar-refractivity contribution in [3.63, 3.8) is 0 Å². The van der Waals surface area contributed by atoms with Gasteiger partial charge in [-0.2, -0.15) is 0 Å². The Hall–Kier alpha value is -2.43. The van der Waals surface area contributed by atoms with Gasteiger partial charge >= 0.3 is 0 Å². The Morgan fingerprint density at radius 3 is 2.00 bits per heavy atom. The van der Waals surface area contributed by atoms with Gasteiger partial charge in [-0.15, -0.1) is 4.83 Å². The van der Waals surface area contributed by atoms with E-state index in [1.54, 1.807) is 0 Å². The van der Waals surface area contributed by atoms with Gasteiger partial charge < -0.3 is 5.11 Å². The van der Waals surface area contributed by atoms with E-state index in [4.69, 9.17) is 0 Å². The summed E-state index contributed by atoms with van der Waals surface area (Å²) in [4.78, 5) is 13.5. The Kier molecular flexibility index (Phi) is 4.92. The van der Waals surface area contributed by atoms with Crippen LogP contribution in [-0.2, 0) is 19.9 Å². The van der Waals surface area contributed by atoms with Gasteiger partial charge in [-0.3, -0.25) is 10.2 Å². The maximum Gasteiger partial charge on any atom is 0.269 e. The zero-order chi connectivity index (χ0) is 18.0. The lowest BCUT2D eigenvalue weighted by Gasteiger charge is -2.09. The van der Waals surface area contributed by atoms with Crippen LogP contribution in [0.4, 0.5) is 0 Å². The molecule has 3 N–H and O–H groups in total. The molecular formula is C14H14N2O6S2. The van der Waals surface area contributed by atoms with E-state index >= 15 is 0 Å². The molecule has 0 heterocycles. The van der Waals surface area contributed by atoms with E-state index in [-0.39, 0.29) is 21.1 Å². The molecule has 0 aliphatic rings. The van der Waals surface area contributed by atoms with Gasteiger partial charge in [0, 0.05) is 6.26 Å². The zero-order valence-electron chi connectivity index (χ0n) is 12.4. The topological polar surface area (TPSA) is 130 Å². The second-order valence-corrected chi connectivity index (χ2v) is 8.52. The van der Waals surface area contributed by atoms with Gasteiger partial charge in [0.15, 0.2) is 9.84 Å². The number of hydrazine groups is 1. The molecule has 1 amide bonds. The molecule has 0 saturated heterocycles. The molecule has 128 valence electrons. The van der Waals surface area contributed by atoms with Crippen LogP contribution in [0.5, 0.6) is 5.75 Å². The quantitative estimate of drug-likeness (QED) is 0.654. The summed E-state index contributed by atoms with van der Waals surface area (Å²) < 4.78 is 46.9. The van der Waals surface area contributed by atoms with Crippen molar-refractivity contribution in [3.8, 4) is 5.75 Å². The predicted octanol–water partition coefficient (Wildman–Crippen LogP) is 0.419. The smallest absolute Gasteiger partial charge is 0.269 e. The van der Waals surface area contributed by atoms with Gasteiger partial charge in [-0.1, -0.05) is 12.1 Å². The van der Waals surface area contributed by atoms with Gasteiger partial charge in [0.25, 0.3) is 15.9 Å². The summed E-state index contributed by atoms with van der Waals surface area (Å²) in [5, 5.41) is 9.54. The van der Waals surface area contributed by atoms with E-state index in [0.29, 0.717) is 0 Å². The molecule has 8 nitrogen and oxygen atoms in total. The standard InChI is InChI=1S/C14H14N2O6S2/c1-23(19,20)10-6-8-11(9-7-10)24(21,22)16-15-14(18)12-4-2-3-5-13(12)17/h2-9,16-17H,1H3,(H,15,18). The van der Waals surface area contributed by atoms with Gasteiger partial charge in [-0.05, 0) is 36.4 Å². The number of amides is 1. The average Bonchev–Trinajstić information content (AvgIpc) is 2.52. The lowest BCUT2D eigenvalue weighted by atomic mass is 10.2. The number of hydrogen-bond donors (Lipinski definition) is 3. The second-order valence-electron chi connectivity index (χ2n) is 4.82. The van der Waals surface area contributed by atoms with Gasteiger partial charge in [0.1, 0.15) is 5.75 Å². The van der Waals surface area contributed by atoms with Gasteiger partial charge in [0.2, 0.25) is 0 Å². The highest BCUT2D eigenvalue weighted by Gasteiger charge is 2.18. The number of aromatic hydroxyl groups is 1. The molecule has 10 heteroatoms. The number of sulfone groups is 1. The lowest BCUT2D eigenvalue weighted by Crippen LogP contribution is -2.41. The molecule has 0 radical (unpaired) electrons. The maximum atomic E-state index is 12.1. The van der Waals surface area contributed by atoms with E-state index in [0.717, 1.165) is 30.5 Å². The van der Waals surface area contributed by atoms with Crippen LogP contribution in [-0.4, -0.2) is 34.1 Å². The molecule has 0 bridgehead atoms. The highest BCUT2D eigenvalue weighted by atomic mass is 32.2. The predicted molar refractivity (Wildman–Crippen MR) is 85.4 cm³/mol.